The maximum absolute atomic E-state index is 13.7. The summed E-state index contributed by atoms with van der Waals surface area (Å²) in [6, 6.07) is 14.3. The van der Waals surface area contributed by atoms with Gasteiger partial charge in [0, 0.05) is 11.8 Å². The lowest BCUT2D eigenvalue weighted by molar-refractivity contribution is 0.571. The molecule has 0 aliphatic carbocycles. The van der Waals surface area contributed by atoms with E-state index in [1.165, 1.54) is 30.3 Å². The van der Waals surface area contributed by atoms with Gasteiger partial charge in [0.05, 0.1) is 4.90 Å². The van der Waals surface area contributed by atoms with Crippen LogP contribution in [0.4, 0.5) is 8.78 Å². The van der Waals surface area contributed by atoms with Crippen LogP contribution in [0.3, 0.4) is 0 Å². The van der Waals surface area contributed by atoms with E-state index in [4.69, 9.17) is 11.6 Å². The lowest BCUT2D eigenvalue weighted by Gasteiger charge is -2.08. The van der Waals surface area contributed by atoms with Crippen LogP contribution < -0.4 is 0 Å². The van der Waals surface area contributed by atoms with Crippen molar-refractivity contribution in [3.63, 3.8) is 0 Å². The van der Waals surface area contributed by atoms with E-state index in [-0.39, 0.29) is 14.9 Å². The normalized spacial score (nSPS) is 11.5. The highest BCUT2D eigenvalue weighted by molar-refractivity contribution is 7.91. The van der Waals surface area contributed by atoms with Crippen LogP contribution in [0.15, 0.2) is 70.5 Å². The largest absolute Gasteiger partial charge is 0.240 e. The van der Waals surface area contributed by atoms with Gasteiger partial charge >= 0.3 is 0 Å². The second-order valence-corrected chi connectivity index (χ2v) is 7.92. The van der Waals surface area contributed by atoms with Crippen LogP contribution >= 0.6 is 11.6 Å². The zero-order valence-corrected chi connectivity index (χ0v) is 15.1. The molecule has 7 heteroatoms. The number of nitrogens with zero attached hydrogens (tertiary/aromatic N) is 1. The average molecular weight is 394 g/mol. The first-order valence-corrected chi connectivity index (χ1v) is 9.63. The molecule has 0 aliphatic rings. The fraction of sp³-hybridized carbons (Fsp3) is 0.105. The van der Waals surface area contributed by atoms with Gasteiger partial charge in [-0.2, -0.15) is 0 Å². The predicted octanol–water partition coefficient (Wildman–Crippen LogP) is 4.63. The Balaban J connectivity index is 1.82. The molecule has 0 saturated carbocycles. The van der Waals surface area contributed by atoms with E-state index in [9.17, 15) is 17.2 Å². The fourth-order valence-electron chi connectivity index (χ4n) is 2.51. The Hall–Kier alpha value is -2.31. The molecule has 0 atom stereocenters. The van der Waals surface area contributed by atoms with Crippen molar-refractivity contribution in [2.45, 2.75) is 22.6 Å². The van der Waals surface area contributed by atoms with Crippen molar-refractivity contribution in [1.82, 2.24) is 4.98 Å². The number of hydrogen-bond donors (Lipinski definition) is 0. The highest BCUT2D eigenvalue weighted by Crippen LogP contribution is 2.26. The first-order chi connectivity index (χ1) is 12.4. The van der Waals surface area contributed by atoms with Crippen LogP contribution in [0.2, 0.25) is 5.15 Å². The monoisotopic (exact) mass is 393 g/mol. The highest BCUT2D eigenvalue weighted by atomic mass is 35.5. The van der Waals surface area contributed by atoms with E-state index < -0.39 is 21.5 Å². The molecule has 0 N–H and O–H groups in total. The minimum atomic E-state index is -3.76. The molecule has 3 rings (SSSR count). The van der Waals surface area contributed by atoms with Crippen LogP contribution in [-0.4, -0.2) is 13.4 Å². The molecule has 26 heavy (non-hydrogen) atoms. The lowest BCUT2D eigenvalue weighted by Crippen LogP contribution is -2.05. The number of benzene rings is 2. The Morgan fingerprint density at radius 1 is 0.923 bits per heavy atom. The molecule has 0 amide bonds. The fourth-order valence-corrected chi connectivity index (χ4v) is 4.27. The van der Waals surface area contributed by atoms with Gasteiger partial charge < -0.3 is 0 Å². The SMILES string of the molecule is O=S(=O)(c1ccccc1)c1ccc(CCc2ccc(F)cc2F)nc1Cl. The Morgan fingerprint density at radius 2 is 1.65 bits per heavy atom. The minimum absolute atomic E-state index is 0.0814. The van der Waals surface area contributed by atoms with Crippen LogP contribution in [0, 0.1) is 11.6 Å². The number of halogens is 3. The van der Waals surface area contributed by atoms with Gasteiger partial charge in [-0.1, -0.05) is 35.9 Å². The van der Waals surface area contributed by atoms with Gasteiger partial charge in [-0.15, -0.1) is 0 Å². The predicted molar refractivity (Wildman–Crippen MR) is 94.9 cm³/mol. The smallest absolute Gasteiger partial charge is 0.209 e. The molecule has 0 unspecified atom stereocenters. The van der Waals surface area contributed by atoms with E-state index in [0.29, 0.717) is 24.1 Å². The summed E-state index contributed by atoms with van der Waals surface area (Å²) in [7, 11) is -3.76. The summed E-state index contributed by atoms with van der Waals surface area (Å²) in [6.45, 7) is 0. The second-order valence-electron chi connectivity index (χ2n) is 5.64. The van der Waals surface area contributed by atoms with Crippen molar-refractivity contribution in [2.24, 2.45) is 0 Å². The maximum atomic E-state index is 13.7. The molecule has 0 bridgehead atoms. The van der Waals surface area contributed by atoms with Crippen molar-refractivity contribution >= 4 is 21.4 Å². The second kappa shape index (κ2) is 7.51. The molecule has 2 aromatic carbocycles. The zero-order chi connectivity index (χ0) is 18.7. The number of aromatic nitrogens is 1. The molecule has 0 fully saturated rings. The summed E-state index contributed by atoms with van der Waals surface area (Å²) >= 11 is 6.08. The van der Waals surface area contributed by atoms with Crippen LogP contribution in [0.5, 0.6) is 0 Å². The van der Waals surface area contributed by atoms with E-state index >= 15 is 0 Å². The number of pyridine rings is 1. The molecule has 1 aromatic heterocycles. The Morgan fingerprint density at radius 3 is 2.31 bits per heavy atom. The van der Waals surface area contributed by atoms with Crippen molar-refractivity contribution in [1.29, 1.82) is 0 Å². The summed E-state index contributed by atoms with van der Waals surface area (Å²) < 4.78 is 51.8. The third-order valence-electron chi connectivity index (χ3n) is 3.88. The first kappa shape index (κ1) is 18.5. The molecular formula is C19H14ClF2NO2S. The van der Waals surface area contributed by atoms with Gasteiger partial charge in [0.1, 0.15) is 21.7 Å². The van der Waals surface area contributed by atoms with Gasteiger partial charge in [-0.25, -0.2) is 22.2 Å². The zero-order valence-electron chi connectivity index (χ0n) is 13.5. The quantitative estimate of drug-likeness (QED) is 0.594. The van der Waals surface area contributed by atoms with Crippen molar-refractivity contribution in [3.05, 3.63) is 88.7 Å². The van der Waals surface area contributed by atoms with Crippen LogP contribution in [0.25, 0.3) is 0 Å². The van der Waals surface area contributed by atoms with E-state index in [2.05, 4.69) is 4.98 Å². The van der Waals surface area contributed by atoms with Gasteiger partial charge in [0.15, 0.2) is 0 Å². The summed E-state index contributed by atoms with van der Waals surface area (Å²) in [6.07, 6.45) is 0.633. The molecule has 134 valence electrons. The minimum Gasteiger partial charge on any atom is -0.240 e. The van der Waals surface area contributed by atoms with Crippen LogP contribution in [-0.2, 0) is 22.7 Å². The van der Waals surface area contributed by atoms with Crippen molar-refractivity contribution in [2.75, 3.05) is 0 Å². The first-order valence-electron chi connectivity index (χ1n) is 7.77. The van der Waals surface area contributed by atoms with E-state index in [1.54, 1.807) is 24.3 Å². The van der Waals surface area contributed by atoms with Gasteiger partial charge in [-0.05, 0) is 48.7 Å². The van der Waals surface area contributed by atoms with Crippen LogP contribution in [0.1, 0.15) is 11.3 Å². The summed E-state index contributed by atoms with van der Waals surface area (Å²) in [5.74, 6) is -1.26. The maximum Gasteiger partial charge on any atom is 0.209 e. The number of sulfone groups is 1. The number of aryl methyl sites for hydroxylation is 2. The number of rotatable bonds is 5. The van der Waals surface area contributed by atoms with Crippen molar-refractivity contribution in [3.8, 4) is 0 Å². The van der Waals surface area contributed by atoms with E-state index in [1.807, 2.05) is 0 Å². The molecule has 3 aromatic rings. The third-order valence-corrected chi connectivity index (χ3v) is 6.08. The molecule has 3 nitrogen and oxygen atoms in total. The Bertz CT molecular complexity index is 1040. The Kier molecular flexibility index (Phi) is 5.34. The molecule has 1 heterocycles. The summed E-state index contributed by atoms with van der Waals surface area (Å²) in [5.41, 5.74) is 0.871. The van der Waals surface area contributed by atoms with Gasteiger partial charge in [0.25, 0.3) is 0 Å². The summed E-state index contributed by atoms with van der Waals surface area (Å²) in [5, 5.41) is -0.133. The summed E-state index contributed by atoms with van der Waals surface area (Å²) in [4.78, 5) is 4.17. The van der Waals surface area contributed by atoms with Gasteiger partial charge in [0.2, 0.25) is 9.84 Å². The molecule has 0 saturated heterocycles. The van der Waals surface area contributed by atoms with Crippen molar-refractivity contribution < 1.29 is 17.2 Å². The average Bonchev–Trinajstić information content (AvgIpc) is 2.61. The lowest BCUT2D eigenvalue weighted by atomic mass is 10.1. The number of hydrogen-bond acceptors (Lipinski definition) is 3. The molecule has 0 spiro atoms. The Labute approximate surface area is 155 Å². The molecule has 0 radical (unpaired) electrons. The topological polar surface area (TPSA) is 47.0 Å². The van der Waals surface area contributed by atoms with Gasteiger partial charge in [-0.3, -0.25) is 0 Å². The highest BCUT2D eigenvalue weighted by Gasteiger charge is 2.21. The van der Waals surface area contributed by atoms with E-state index in [0.717, 1.165) is 6.07 Å². The standard InChI is InChI=1S/C19H14ClF2NO2S/c20-19-18(26(24,25)16-4-2-1-3-5-16)11-10-15(23-19)9-7-13-6-8-14(21)12-17(13)22/h1-6,8,10-12H,7,9H2. The third kappa shape index (κ3) is 3.92. The molecule has 0 aliphatic heterocycles. The molecular weight excluding hydrogens is 380 g/mol.